The van der Waals surface area contributed by atoms with Crippen LogP contribution in [0.3, 0.4) is 0 Å². The van der Waals surface area contributed by atoms with Crippen molar-refractivity contribution in [2.75, 3.05) is 0 Å². The number of imidazole rings is 1. The molecule has 2 aromatic rings. The molecule has 1 aromatic heterocycles. The highest BCUT2D eigenvalue weighted by Gasteiger charge is 1.93. The normalized spacial score (nSPS) is 9.20. The molecular formula is C13H8N2. The van der Waals surface area contributed by atoms with Crippen molar-refractivity contribution in [1.29, 1.82) is 0 Å². The van der Waals surface area contributed by atoms with Crippen LogP contribution in [0.5, 0.6) is 0 Å². The van der Waals surface area contributed by atoms with Crippen LogP contribution < -0.4 is 0 Å². The first-order chi connectivity index (χ1) is 7.90. The Balaban J connectivity index is 2.30. The average molecular weight is 193 g/mol. The molecule has 0 unspecified atom stereocenters. The van der Waals surface area contributed by atoms with Gasteiger partial charge in [0.15, 0.2) is 5.82 Å². The second kappa shape index (κ2) is 4.17. The van der Waals surface area contributed by atoms with E-state index >= 15 is 0 Å². The lowest BCUT2D eigenvalue weighted by Crippen LogP contribution is -1.91. The van der Waals surface area contributed by atoms with E-state index < -0.39 is 0 Å². The predicted molar refractivity (Wildman–Crippen MR) is 58.9 cm³/mol. The van der Waals surface area contributed by atoms with Crippen LogP contribution in [-0.4, -0.2) is 9.55 Å². The molecule has 0 aliphatic rings. The number of nitrogens with zero attached hydrogens (tertiary/aromatic N) is 2. The van der Waals surface area contributed by atoms with E-state index in [1.807, 2.05) is 30.3 Å². The number of rotatable bonds is 0. The summed E-state index contributed by atoms with van der Waals surface area (Å²) < 4.78 is 8.41. The van der Waals surface area contributed by atoms with E-state index in [-0.39, 0.29) is 0 Å². The molecule has 1 heterocycles. The molecule has 0 aliphatic carbocycles. The van der Waals surface area contributed by atoms with Crippen molar-refractivity contribution in [3.8, 4) is 24.3 Å². The summed E-state index contributed by atoms with van der Waals surface area (Å²) in [6, 6.07) is 12.6. The van der Waals surface area contributed by atoms with E-state index in [2.05, 4.69) is 29.3 Å². The van der Waals surface area contributed by atoms with Gasteiger partial charge in [-0.05, 0) is 24.0 Å². The first-order valence-electron chi connectivity index (χ1n) is 4.93. The maximum Gasteiger partial charge on any atom is 0.196 e. The summed E-state index contributed by atoms with van der Waals surface area (Å²) in [6.07, 6.45) is 5.39. The summed E-state index contributed by atoms with van der Waals surface area (Å²) >= 11 is 0. The van der Waals surface area contributed by atoms with Gasteiger partial charge in [0.2, 0.25) is 0 Å². The third-order valence-corrected chi connectivity index (χ3v) is 1.85. The molecule has 2 heteroatoms. The highest BCUT2D eigenvalue weighted by Crippen LogP contribution is 1.96. The zero-order valence-electron chi connectivity index (χ0n) is 8.94. The monoisotopic (exact) mass is 193 g/mol. The minimum atomic E-state index is 0.485. The molecule has 70 valence electrons. The first kappa shape index (κ1) is 7.91. The molecule has 0 amide bonds. The lowest BCUT2D eigenvalue weighted by molar-refractivity contribution is 1.08. The van der Waals surface area contributed by atoms with Gasteiger partial charge in [-0.15, -0.1) is 6.40 Å². The van der Waals surface area contributed by atoms with Gasteiger partial charge in [-0.2, -0.15) is 0 Å². The third-order valence-electron chi connectivity index (χ3n) is 1.85. The third kappa shape index (κ3) is 2.07. The number of hydrogen-bond acceptors (Lipinski definition) is 1. The van der Waals surface area contributed by atoms with Gasteiger partial charge < -0.3 is 0 Å². The average Bonchev–Trinajstić information content (AvgIpc) is 2.76. The summed E-state index contributed by atoms with van der Waals surface area (Å²) in [5.74, 6) is 6.03. The highest BCUT2D eigenvalue weighted by molar-refractivity contribution is 5.35. The molecule has 0 N–H and O–H groups in total. The Morgan fingerprint density at radius 2 is 2.20 bits per heavy atom. The molecule has 2 rings (SSSR count). The molecule has 0 atom stereocenters. The number of hydrogen-bond donors (Lipinski definition) is 0. The SMILES string of the molecule is [2H]C#Cc1nccn1C#Cc1ccccc1. The second-order valence-corrected chi connectivity index (χ2v) is 2.85. The lowest BCUT2D eigenvalue weighted by atomic mass is 10.2. The van der Waals surface area contributed by atoms with Gasteiger partial charge in [-0.3, -0.25) is 4.57 Å². The molecular weight excluding hydrogens is 184 g/mol. The summed E-state index contributed by atoms with van der Waals surface area (Å²) in [4.78, 5) is 3.99. The van der Waals surface area contributed by atoms with Crippen LogP contribution in [0, 0.1) is 24.3 Å². The fourth-order valence-electron chi connectivity index (χ4n) is 1.13. The Labute approximate surface area is 90.0 Å². The second-order valence-electron chi connectivity index (χ2n) is 2.85. The number of terminal acetylenes is 1. The minimum Gasteiger partial charge on any atom is -0.251 e. The molecule has 0 saturated heterocycles. The van der Waals surface area contributed by atoms with Crippen LogP contribution >= 0.6 is 0 Å². The van der Waals surface area contributed by atoms with Crippen LogP contribution in [0.1, 0.15) is 12.8 Å². The van der Waals surface area contributed by atoms with Gasteiger partial charge in [0, 0.05) is 24.0 Å². The van der Waals surface area contributed by atoms with E-state index in [4.69, 9.17) is 1.37 Å². The molecule has 0 radical (unpaired) electrons. The van der Waals surface area contributed by atoms with Crippen LogP contribution in [0.2, 0.25) is 0 Å². The fourth-order valence-corrected chi connectivity index (χ4v) is 1.13. The Morgan fingerprint density at radius 1 is 1.33 bits per heavy atom. The van der Waals surface area contributed by atoms with Crippen LogP contribution in [-0.2, 0) is 0 Å². The maximum absolute atomic E-state index is 6.81. The van der Waals surface area contributed by atoms with Crippen molar-refractivity contribution >= 4 is 0 Å². The van der Waals surface area contributed by atoms with Crippen molar-refractivity contribution in [1.82, 2.24) is 9.55 Å². The van der Waals surface area contributed by atoms with Crippen molar-refractivity contribution in [2.45, 2.75) is 0 Å². The maximum atomic E-state index is 6.81. The quantitative estimate of drug-likeness (QED) is 0.582. The Hall–Kier alpha value is -2.45. The molecule has 0 spiro atoms. The van der Waals surface area contributed by atoms with Gasteiger partial charge in [-0.25, -0.2) is 4.98 Å². The van der Waals surface area contributed by atoms with E-state index in [0.717, 1.165) is 5.56 Å². The Kier molecular flexibility index (Phi) is 2.20. The van der Waals surface area contributed by atoms with Crippen molar-refractivity contribution in [3.63, 3.8) is 0 Å². The Morgan fingerprint density at radius 3 is 3.00 bits per heavy atom. The fraction of sp³-hybridized carbons (Fsp3) is 0. The summed E-state index contributed by atoms with van der Waals surface area (Å²) in [7, 11) is 0. The van der Waals surface area contributed by atoms with Crippen molar-refractivity contribution in [3.05, 3.63) is 54.1 Å². The lowest BCUT2D eigenvalue weighted by Gasteiger charge is -1.90. The summed E-state index contributed by atoms with van der Waals surface area (Å²) in [5.41, 5.74) is 0.931. The molecule has 0 bridgehead atoms. The van der Waals surface area contributed by atoms with Gasteiger partial charge in [-0.1, -0.05) is 18.2 Å². The molecule has 0 fully saturated rings. The zero-order chi connectivity index (χ0) is 11.2. The van der Waals surface area contributed by atoms with Crippen molar-refractivity contribution < 1.29 is 1.37 Å². The predicted octanol–water partition coefficient (Wildman–Crippen LogP) is 1.72. The topological polar surface area (TPSA) is 17.8 Å². The largest absolute Gasteiger partial charge is 0.251 e. The van der Waals surface area contributed by atoms with Crippen molar-refractivity contribution in [2.24, 2.45) is 0 Å². The van der Waals surface area contributed by atoms with Crippen LogP contribution in [0.4, 0.5) is 0 Å². The molecule has 0 saturated carbocycles. The Bertz CT molecular complexity index is 591. The summed E-state index contributed by atoms with van der Waals surface area (Å²) in [6.45, 7) is 0. The van der Waals surface area contributed by atoms with Crippen LogP contribution in [0.15, 0.2) is 42.7 Å². The van der Waals surface area contributed by atoms with Gasteiger partial charge in [0.25, 0.3) is 0 Å². The summed E-state index contributed by atoms with van der Waals surface area (Å²) in [5, 5.41) is 0. The van der Waals surface area contributed by atoms with Gasteiger partial charge >= 0.3 is 0 Å². The minimum absolute atomic E-state index is 0.485. The van der Waals surface area contributed by atoms with E-state index in [9.17, 15) is 0 Å². The van der Waals surface area contributed by atoms with Gasteiger partial charge in [0.05, 0.1) is 0 Å². The smallest absolute Gasteiger partial charge is 0.196 e. The number of benzene rings is 1. The molecule has 2 nitrogen and oxygen atoms in total. The van der Waals surface area contributed by atoms with Crippen LogP contribution in [0.25, 0.3) is 0 Å². The van der Waals surface area contributed by atoms with Gasteiger partial charge in [0.1, 0.15) is 1.37 Å². The molecule has 15 heavy (non-hydrogen) atoms. The molecule has 0 aliphatic heterocycles. The number of aromatic nitrogens is 2. The standard InChI is InChI=1S/C13H8N2/c1-2-13-14-9-11-15(13)10-8-12-6-4-3-5-7-12/h1,3-7,9,11H/i1D. The van der Waals surface area contributed by atoms with E-state index in [1.165, 1.54) is 0 Å². The van der Waals surface area contributed by atoms with E-state index in [0.29, 0.717) is 5.82 Å². The first-order valence-corrected chi connectivity index (χ1v) is 4.43. The zero-order valence-corrected chi connectivity index (χ0v) is 7.94. The van der Waals surface area contributed by atoms with E-state index in [1.54, 1.807) is 17.0 Å². The molecule has 1 aromatic carbocycles. The highest BCUT2D eigenvalue weighted by atomic mass is 15.0.